The third kappa shape index (κ3) is 1.98. The zero-order chi connectivity index (χ0) is 11.9. The molecule has 88 valence electrons. The molecule has 3 nitrogen and oxygen atoms in total. The van der Waals surface area contributed by atoms with Crippen LogP contribution in [0.4, 0.5) is 5.69 Å². The number of rotatable bonds is 1. The highest BCUT2D eigenvalue weighted by Crippen LogP contribution is 2.32. The van der Waals surface area contributed by atoms with Gasteiger partial charge in [-0.1, -0.05) is 15.9 Å². The highest BCUT2D eigenvalue weighted by atomic mass is 79.9. The number of halogens is 1. The maximum Gasteiger partial charge on any atom is 0.235 e. The molecule has 1 aromatic carbocycles. The molecule has 16 heavy (non-hydrogen) atoms. The molecule has 0 unspecified atom stereocenters. The summed E-state index contributed by atoms with van der Waals surface area (Å²) in [7, 11) is -3.08. The number of benzene rings is 1. The van der Waals surface area contributed by atoms with E-state index in [1.54, 1.807) is 4.31 Å². The minimum atomic E-state index is -3.08. The monoisotopic (exact) mass is 303 g/mol. The minimum Gasteiger partial charge on any atom is -0.270 e. The summed E-state index contributed by atoms with van der Waals surface area (Å²) in [6, 6.07) is 3.91. The minimum absolute atomic E-state index is 0.266. The molecule has 0 aromatic heterocycles. The zero-order valence-electron chi connectivity index (χ0n) is 9.33. The van der Waals surface area contributed by atoms with E-state index in [0.717, 1.165) is 27.7 Å². The first-order chi connectivity index (χ1) is 7.42. The first kappa shape index (κ1) is 11.9. The highest BCUT2D eigenvalue weighted by molar-refractivity contribution is 9.10. The van der Waals surface area contributed by atoms with Crippen molar-refractivity contribution in [2.45, 2.75) is 20.3 Å². The van der Waals surface area contributed by atoms with E-state index in [-0.39, 0.29) is 5.75 Å². The lowest BCUT2D eigenvalue weighted by atomic mass is 10.1. The van der Waals surface area contributed by atoms with E-state index in [1.807, 2.05) is 26.0 Å². The Balaban J connectivity index is 2.57. The van der Waals surface area contributed by atoms with Gasteiger partial charge in [0.1, 0.15) is 0 Å². The highest BCUT2D eigenvalue weighted by Gasteiger charge is 2.30. The van der Waals surface area contributed by atoms with Crippen LogP contribution in [0.2, 0.25) is 0 Å². The van der Waals surface area contributed by atoms with E-state index in [4.69, 9.17) is 0 Å². The fraction of sp³-hybridized carbons (Fsp3) is 0.455. The fourth-order valence-corrected chi connectivity index (χ4v) is 4.56. The van der Waals surface area contributed by atoms with E-state index in [9.17, 15) is 8.42 Å². The lowest BCUT2D eigenvalue weighted by Crippen LogP contribution is -2.26. The van der Waals surface area contributed by atoms with E-state index in [2.05, 4.69) is 15.9 Å². The van der Waals surface area contributed by atoms with Gasteiger partial charge in [0.15, 0.2) is 0 Å². The molecule has 1 aliphatic heterocycles. The van der Waals surface area contributed by atoms with Crippen molar-refractivity contribution < 1.29 is 8.42 Å². The first-order valence-corrected chi connectivity index (χ1v) is 7.59. The van der Waals surface area contributed by atoms with E-state index in [0.29, 0.717) is 6.54 Å². The molecule has 0 aliphatic carbocycles. The smallest absolute Gasteiger partial charge is 0.235 e. The van der Waals surface area contributed by atoms with Gasteiger partial charge in [-0.15, -0.1) is 0 Å². The number of sulfonamides is 1. The Kier molecular flexibility index (Phi) is 3.01. The molecule has 0 bridgehead atoms. The quantitative estimate of drug-likeness (QED) is 0.800. The zero-order valence-corrected chi connectivity index (χ0v) is 11.7. The maximum atomic E-state index is 11.9. The Morgan fingerprint density at radius 1 is 1.25 bits per heavy atom. The van der Waals surface area contributed by atoms with Crippen molar-refractivity contribution in [3.63, 3.8) is 0 Å². The summed E-state index contributed by atoms with van der Waals surface area (Å²) in [4.78, 5) is 0. The van der Waals surface area contributed by atoms with Crippen molar-refractivity contribution in [1.82, 2.24) is 0 Å². The Bertz CT molecular complexity index is 502. The molecule has 1 aliphatic rings. The Morgan fingerprint density at radius 2 is 1.81 bits per heavy atom. The molecule has 0 spiro atoms. The number of anilines is 1. The van der Waals surface area contributed by atoms with Gasteiger partial charge in [-0.05, 0) is 43.5 Å². The number of nitrogens with zero attached hydrogens (tertiary/aromatic N) is 1. The summed E-state index contributed by atoms with van der Waals surface area (Å²) in [5.74, 6) is 0.266. The Labute approximate surface area is 105 Å². The van der Waals surface area contributed by atoms with E-state index >= 15 is 0 Å². The van der Waals surface area contributed by atoms with Crippen LogP contribution in [0.3, 0.4) is 0 Å². The lowest BCUT2D eigenvalue weighted by Gasteiger charge is -2.21. The molecule has 2 rings (SSSR count). The number of aryl methyl sites for hydroxylation is 2. The van der Waals surface area contributed by atoms with Crippen molar-refractivity contribution >= 4 is 31.6 Å². The van der Waals surface area contributed by atoms with Crippen LogP contribution in [0.1, 0.15) is 17.5 Å². The summed E-state index contributed by atoms with van der Waals surface area (Å²) in [5, 5.41) is 0. The first-order valence-electron chi connectivity index (χ1n) is 5.19. The second-order valence-corrected chi connectivity index (χ2v) is 7.06. The van der Waals surface area contributed by atoms with Gasteiger partial charge in [0.2, 0.25) is 10.0 Å². The Hall–Kier alpha value is -0.550. The largest absolute Gasteiger partial charge is 0.270 e. The van der Waals surface area contributed by atoms with Crippen molar-refractivity contribution in [2.75, 3.05) is 16.6 Å². The predicted octanol–water partition coefficient (Wildman–Crippen LogP) is 2.61. The van der Waals surface area contributed by atoms with Crippen molar-refractivity contribution in [1.29, 1.82) is 0 Å². The average molecular weight is 304 g/mol. The second-order valence-electron chi connectivity index (χ2n) is 4.13. The SMILES string of the molecule is Cc1cc(Br)cc(C)c1N1CCCS1(=O)=O. The molecule has 0 radical (unpaired) electrons. The predicted molar refractivity (Wildman–Crippen MR) is 69.4 cm³/mol. The van der Waals surface area contributed by atoms with Crippen molar-refractivity contribution in [3.05, 3.63) is 27.7 Å². The molecule has 1 heterocycles. The van der Waals surface area contributed by atoms with Gasteiger partial charge in [-0.3, -0.25) is 4.31 Å². The summed E-state index contributed by atoms with van der Waals surface area (Å²) >= 11 is 3.42. The maximum absolute atomic E-state index is 11.9. The molecular weight excluding hydrogens is 290 g/mol. The van der Waals surface area contributed by atoms with Crippen LogP contribution >= 0.6 is 15.9 Å². The van der Waals surface area contributed by atoms with Gasteiger partial charge in [-0.2, -0.15) is 0 Å². The molecule has 0 N–H and O–H groups in total. The van der Waals surface area contributed by atoms with Crippen LogP contribution < -0.4 is 4.31 Å². The standard InChI is InChI=1S/C11H14BrNO2S/c1-8-6-10(12)7-9(2)11(8)13-4-3-5-16(13,14)15/h6-7H,3-5H2,1-2H3. The Morgan fingerprint density at radius 3 is 2.25 bits per heavy atom. The molecule has 1 aromatic rings. The van der Waals surface area contributed by atoms with Crippen LogP contribution in [0.5, 0.6) is 0 Å². The van der Waals surface area contributed by atoms with E-state index in [1.165, 1.54) is 0 Å². The average Bonchev–Trinajstić information content (AvgIpc) is 2.44. The van der Waals surface area contributed by atoms with Crippen LogP contribution in [0.15, 0.2) is 16.6 Å². The molecule has 0 atom stereocenters. The van der Waals surface area contributed by atoms with Gasteiger partial charge in [0.05, 0.1) is 11.4 Å². The molecular formula is C11H14BrNO2S. The molecule has 0 amide bonds. The van der Waals surface area contributed by atoms with Crippen molar-refractivity contribution in [2.24, 2.45) is 0 Å². The molecule has 1 saturated heterocycles. The third-order valence-corrected chi connectivity index (χ3v) is 5.10. The lowest BCUT2D eigenvalue weighted by molar-refractivity contribution is 0.599. The third-order valence-electron chi connectivity index (χ3n) is 2.80. The normalized spacial score (nSPS) is 19.1. The second kappa shape index (κ2) is 4.04. The van der Waals surface area contributed by atoms with Crippen LogP contribution in [-0.2, 0) is 10.0 Å². The van der Waals surface area contributed by atoms with Crippen LogP contribution in [0, 0.1) is 13.8 Å². The van der Waals surface area contributed by atoms with Gasteiger partial charge >= 0.3 is 0 Å². The number of hydrogen-bond donors (Lipinski definition) is 0. The van der Waals surface area contributed by atoms with Gasteiger partial charge in [0.25, 0.3) is 0 Å². The summed E-state index contributed by atoms with van der Waals surface area (Å²) in [6.45, 7) is 4.49. The van der Waals surface area contributed by atoms with Crippen LogP contribution in [-0.4, -0.2) is 20.7 Å². The number of hydrogen-bond acceptors (Lipinski definition) is 2. The van der Waals surface area contributed by atoms with Crippen molar-refractivity contribution in [3.8, 4) is 0 Å². The summed E-state index contributed by atoms with van der Waals surface area (Å²) in [6.07, 6.45) is 0.720. The fourth-order valence-electron chi connectivity index (χ4n) is 2.19. The molecule has 0 saturated carbocycles. The summed E-state index contributed by atoms with van der Waals surface area (Å²) in [5.41, 5.74) is 2.84. The molecule has 1 fully saturated rings. The van der Waals surface area contributed by atoms with Crippen LogP contribution in [0.25, 0.3) is 0 Å². The van der Waals surface area contributed by atoms with Gasteiger partial charge < -0.3 is 0 Å². The van der Waals surface area contributed by atoms with Gasteiger partial charge in [0, 0.05) is 11.0 Å². The summed E-state index contributed by atoms with van der Waals surface area (Å²) < 4.78 is 26.3. The molecule has 5 heteroatoms. The topological polar surface area (TPSA) is 37.4 Å². The van der Waals surface area contributed by atoms with Gasteiger partial charge in [-0.25, -0.2) is 8.42 Å². The van der Waals surface area contributed by atoms with E-state index < -0.39 is 10.0 Å².